The summed E-state index contributed by atoms with van der Waals surface area (Å²) < 4.78 is 1.76. The quantitative estimate of drug-likeness (QED) is 0.787. The molecule has 0 aliphatic carbocycles. The molecule has 0 saturated heterocycles. The van der Waals surface area contributed by atoms with E-state index in [0.29, 0.717) is 0 Å². The molecule has 0 aliphatic heterocycles. The number of aliphatic carboxylic acids is 1. The smallest absolute Gasteiger partial charge is 0.326 e. The molecule has 1 heterocycles. The molecular formula is C11H11NO2. The second-order valence-corrected chi connectivity index (χ2v) is 3.30. The van der Waals surface area contributed by atoms with Crippen LogP contribution in [-0.4, -0.2) is 15.6 Å². The number of carboxylic acids is 1. The van der Waals surface area contributed by atoms with Gasteiger partial charge in [0.15, 0.2) is 0 Å². The van der Waals surface area contributed by atoms with Gasteiger partial charge in [0, 0.05) is 11.7 Å². The molecule has 1 aromatic heterocycles. The zero-order valence-electron chi connectivity index (χ0n) is 7.84. The van der Waals surface area contributed by atoms with Gasteiger partial charge in [-0.2, -0.15) is 0 Å². The molecule has 0 amide bonds. The van der Waals surface area contributed by atoms with Crippen molar-refractivity contribution in [3.8, 4) is 0 Å². The number of para-hydroxylation sites is 1. The molecule has 0 aliphatic rings. The molecule has 1 atom stereocenters. The van der Waals surface area contributed by atoms with Crippen LogP contribution in [0.1, 0.15) is 13.0 Å². The molecule has 0 saturated carbocycles. The monoisotopic (exact) mass is 189 g/mol. The third kappa shape index (κ3) is 1.27. The Morgan fingerprint density at radius 2 is 2.07 bits per heavy atom. The number of benzene rings is 1. The van der Waals surface area contributed by atoms with Crippen molar-refractivity contribution in [1.29, 1.82) is 0 Å². The summed E-state index contributed by atoms with van der Waals surface area (Å²) >= 11 is 0. The van der Waals surface area contributed by atoms with E-state index in [2.05, 4.69) is 0 Å². The Bertz CT molecular complexity index is 473. The molecule has 3 heteroatoms. The fourth-order valence-corrected chi connectivity index (χ4v) is 1.56. The Labute approximate surface area is 81.6 Å². The normalized spacial score (nSPS) is 12.9. The molecule has 0 spiro atoms. The van der Waals surface area contributed by atoms with E-state index in [0.717, 1.165) is 10.9 Å². The zero-order chi connectivity index (χ0) is 10.1. The number of hydrogen-bond donors (Lipinski definition) is 1. The third-order valence-corrected chi connectivity index (χ3v) is 2.40. The standard InChI is InChI=1S/C11H11NO2/c1-8(11(13)14)12-7-6-9-4-2-3-5-10(9)12/h2-8H,1H3,(H,13,14)/t8-/m1/s1. The van der Waals surface area contributed by atoms with Crippen LogP contribution in [0, 0.1) is 0 Å². The van der Waals surface area contributed by atoms with Gasteiger partial charge in [-0.05, 0) is 24.4 Å². The zero-order valence-corrected chi connectivity index (χ0v) is 7.84. The van der Waals surface area contributed by atoms with Gasteiger partial charge in [-0.1, -0.05) is 18.2 Å². The molecule has 0 unspecified atom stereocenters. The van der Waals surface area contributed by atoms with E-state index < -0.39 is 12.0 Å². The summed E-state index contributed by atoms with van der Waals surface area (Å²) in [5, 5.41) is 9.96. The van der Waals surface area contributed by atoms with Crippen molar-refractivity contribution in [2.75, 3.05) is 0 Å². The topological polar surface area (TPSA) is 42.2 Å². The maximum absolute atomic E-state index is 10.8. The Morgan fingerprint density at radius 1 is 1.36 bits per heavy atom. The van der Waals surface area contributed by atoms with Crippen molar-refractivity contribution < 1.29 is 9.90 Å². The second kappa shape index (κ2) is 3.18. The number of aromatic nitrogens is 1. The molecule has 0 bridgehead atoms. The number of fused-ring (bicyclic) bond motifs is 1. The number of rotatable bonds is 2. The molecule has 2 aromatic rings. The molecule has 0 radical (unpaired) electrons. The third-order valence-electron chi connectivity index (χ3n) is 2.40. The highest BCUT2D eigenvalue weighted by molar-refractivity contribution is 5.82. The number of carboxylic acid groups (broad SMARTS) is 1. The summed E-state index contributed by atoms with van der Waals surface area (Å²) in [5.41, 5.74) is 0.961. The van der Waals surface area contributed by atoms with E-state index in [-0.39, 0.29) is 0 Å². The Hall–Kier alpha value is -1.77. The Kier molecular flexibility index (Phi) is 2.00. The predicted molar refractivity (Wildman–Crippen MR) is 54.3 cm³/mol. The maximum Gasteiger partial charge on any atom is 0.326 e. The van der Waals surface area contributed by atoms with Crippen molar-refractivity contribution in [2.45, 2.75) is 13.0 Å². The van der Waals surface area contributed by atoms with Crippen LogP contribution in [-0.2, 0) is 4.79 Å². The van der Waals surface area contributed by atoms with Gasteiger partial charge >= 0.3 is 5.97 Å². The Balaban J connectivity index is 2.58. The minimum absolute atomic E-state index is 0.519. The van der Waals surface area contributed by atoms with E-state index in [1.54, 1.807) is 11.5 Å². The fraction of sp³-hybridized carbons (Fsp3) is 0.182. The minimum Gasteiger partial charge on any atom is -0.480 e. The van der Waals surface area contributed by atoms with Crippen molar-refractivity contribution in [1.82, 2.24) is 4.57 Å². The number of hydrogen-bond acceptors (Lipinski definition) is 1. The van der Waals surface area contributed by atoms with Gasteiger partial charge in [0.1, 0.15) is 6.04 Å². The Morgan fingerprint density at radius 3 is 2.79 bits per heavy atom. The van der Waals surface area contributed by atoms with E-state index in [1.807, 2.05) is 36.5 Å². The van der Waals surface area contributed by atoms with Crippen molar-refractivity contribution in [2.24, 2.45) is 0 Å². The van der Waals surface area contributed by atoms with Crippen LogP contribution in [0.5, 0.6) is 0 Å². The molecule has 3 nitrogen and oxygen atoms in total. The lowest BCUT2D eigenvalue weighted by molar-refractivity contribution is -0.140. The lowest BCUT2D eigenvalue weighted by atomic mass is 10.2. The molecule has 1 N–H and O–H groups in total. The average molecular weight is 189 g/mol. The van der Waals surface area contributed by atoms with Gasteiger partial charge in [-0.3, -0.25) is 0 Å². The maximum atomic E-state index is 10.8. The summed E-state index contributed by atoms with van der Waals surface area (Å²) in [5.74, 6) is -0.814. The van der Waals surface area contributed by atoms with Gasteiger partial charge < -0.3 is 9.67 Å². The van der Waals surface area contributed by atoms with Gasteiger partial charge in [0.05, 0.1) is 0 Å². The first-order valence-corrected chi connectivity index (χ1v) is 4.48. The number of carbonyl (C=O) groups is 1. The van der Waals surface area contributed by atoms with Crippen molar-refractivity contribution in [3.05, 3.63) is 36.5 Å². The molecule has 72 valence electrons. The highest BCUT2D eigenvalue weighted by Gasteiger charge is 2.14. The predicted octanol–water partition coefficient (Wildman–Crippen LogP) is 2.29. The first-order valence-electron chi connectivity index (χ1n) is 4.48. The van der Waals surface area contributed by atoms with Gasteiger partial charge in [0.2, 0.25) is 0 Å². The number of nitrogens with zero attached hydrogens (tertiary/aromatic N) is 1. The van der Waals surface area contributed by atoms with Gasteiger partial charge in [-0.25, -0.2) is 4.79 Å². The highest BCUT2D eigenvalue weighted by atomic mass is 16.4. The van der Waals surface area contributed by atoms with Crippen LogP contribution in [0.25, 0.3) is 10.9 Å². The van der Waals surface area contributed by atoms with Crippen LogP contribution in [0.2, 0.25) is 0 Å². The van der Waals surface area contributed by atoms with E-state index in [9.17, 15) is 4.79 Å². The molecule has 2 rings (SSSR count). The molecular weight excluding hydrogens is 178 g/mol. The summed E-state index contributed by atoms with van der Waals surface area (Å²) in [6.45, 7) is 1.68. The fourth-order valence-electron chi connectivity index (χ4n) is 1.56. The first kappa shape index (κ1) is 8.81. The van der Waals surface area contributed by atoms with Crippen LogP contribution in [0.3, 0.4) is 0 Å². The van der Waals surface area contributed by atoms with E-state index in [4.69, 9.17) is 5.11 Å². The summed E-state index contributed by atoms with van der Waals surface area (Å²) in [7, 11) is 0. The highest BCUT2D eigenvalue weighted by Crippen LogP contribution is 2.19. The lowest BCUT2D eigenvalue weighted by Crippen LogP contribution is -2.14. The SMILES string of the molecule is C[C@H](C(=O)O)n1ccc2ccccc21. The lowest BCUT2D eigenvalue weighted by Gasteiger charge is -2.09. The summed E-state index contributed by atoms with van der Waals surface area (Å²) in [6, 6.07) is 9.16. The van der Waals surface area contributed by atoms with Crippen molar-refractivity contribution >= 4 is 16.9 Å². The molecule has 1 aromatic carbocycles. The van der Waals surface area contributed by atoms with E-state index in [1.165, 1.54) is 0 Å². The largest absolute Gasteiger partial charge is 0.480 e. The van der Waals surface area contributed by atoms with E-state index >= 15 is 0 Å². The second-order valence-electron chi connectivity index (χ2n) is 3.30. The van der Waals surface area contributed by atoms with Crippen LogP contribution in [0.15, 0.2) is 36.5 Å². The average Bonchev–Trinajstić information content (AvgIpc) is 2.60. The van der Waals surface area contributed by atoms with Gasteiger partial charge in [0.25, 0.3) is 0 Å². The summed E-state index contributed by atoms with van der Waals surface area (Å²) in [4.78, 5) is 10.8. The van der Waals surface area contributed by atoms with Crippen LogP contribution in [0.4, 0.5) is 0 Å². The van der Waals surface area contributed by atoms with Crippen LogP contribution >= 0.6 is 0 Å². The minimum atomic E-state index is -0.814. The van der Waals surface area contributed by atoms with Gasteiger partial charge in [-0.15, -0.1) is 0 Å². The summed E-state index contributed by atoms with van der Waals surface area (Å²) in [6.07, 6.45) is 1.81. The van der Waals surface area contributed by atoms with Crippen LogP contribution < -0.4 is 0 Å². The molecule has 14 heavy (non-hydrogen) atoms. The molecule has 0 fully saturated rings. The van der Waals surface area contributed by atoms with Crippen molar-refractivity contribution in [3.63, 3.8) is 0 Å². The first-order chi connectivity index (χ1) is 6.70.